The summed E-state index contributed by atoms with van der Waals surface area (Å²) in [5.41, 5.74) is 8.80. The maximum Gasteiger partial charge on any atom is 0.266 e. The van der Waals surface area contributed by atoms with Crippen molar-refractivity contribution in [2.24, 2.45) is 0 Å². The van der Waals surface area contributed by atoms with Crippen LogP contribution in [0.25, 0.3) is 10.1 Å². The van der Waals surface area contributed by atoms with Crippen molar-refractivity contribution in [1.29, 1.82) is 0 Å². The number of likely N-dealkylation sites (N-methyl/N-ethyl adjacent to an activating group) is 1. The zero-order chi connectivity index (χ0) is 14.2. The van der Waals surface area contributed by atoms with Gasteiger partial charge in [0, 0.05) is 23.7 Å². The molecule has 3 nitrogen and oxygen atoms in total. The molecule has 0 radical (unpaired) electrons. The minimum Gasteiger partial charge on any atom is -0.397 e. The van der Waals surface area contributed by atoms with Crippen LogP contribution in [0.4, 0.5) is 5.69 Å². The molecular weight excluding hydrogens is 256 g/mol. The summed E-state index contributed by atoms with van der Waals surface area (Å²) in [5, 5.41) is 0.970. The topological polar surface area (TPSA) is 46.3 Å². The molecule has 2 N–H and O–H groups in total. The van der Waals surface area contributed by atoms with Crippen LogP contribution in [-0.4, -0.2) is 24.4 Å². The molecule has 4 heteroatoms. The summed E-state index contributed by atoms with van der Waals surface area (Å²) in [7, 11) is 1.77. The molecule has 0 aliphatic heterocycles. The summed E-state index contributed by atoms with van der Waals surface area (Å²) < 4.78 is 1.09. The van der Waals surface area contributed by atoms with E-state index in [1.165, 1.54) is 11.3 Å². The molecule has 19 heavy (non-hydrogen) atoms. The summed E-state index contributed by atoms with van der Waals surface area (Å²) in [6, 6.07) is 5.96. The zero-order valence-electron chi connectivity index (χ0n) is 11.5. The second kappa shape index (κ2) is 5.05. The first kappa shape index (κ1) is 13.6. The predicted octanol–water partition coefficient (Wildman–Crippen LogP) is 3.44. The van der Waals surface area contributed by atoms with Crippen LogP contribution in [0.3, 0.4) is 0 Å². The van der Waals surface area contributed by atoms with E-state index in [1.54, 1.807) is 11.9 Å². The Morgan fingerprint density at radius 1 is 1.47 bits per heavy atom. The van der Waals surface area contributed by atoms with Crippen molar-refractivity contribution >= 4 is 33.0 Å². The summed E-state index contributed by atoms with van der Waals surface area (Å²) >= 11 is 1.47. The van der Waals surface area contributed by atoms with Crippen molar-refractivity contribution in [2.45, 2.75) is 13.8 Å². The predicted molar refractivity (Wildman–Crippen MR) is 82.7 cm³/mol. The lowest BCUT2D eigenvalue weighted by Gasteiger charge is -2.16. The van der Waals surface area contributed by atoms with Gasteiger partial charge in [0.2, 0.25) is 0 Å². The third kappa shape index (κ3) is 2.49. The molecule has 0 atom stereocenters. The molecule has 1 aromatic heterocycles. The number of thiophene rings is 1. The monoisotopic (exact) mass is 274 g/mol. The van der Waals surface area contributed by atoms with Crippen molar-refractivity contribution in [2.75, 3.05) is 19.3 Å². The minimum atomic E-state index is -0.0406. The largest absolute Gasteiger partial charge is 0.397 e. The number of anilines is 1. The second-order valence-corrected chi connectivity index (χ2v) is 5.94. The van der Waals surface area contributed by atoms with Gasteiger partial charge in [-0.15, -0.1) is 11.3 Å². The third-order valence-corrected chi connectivity index (χ3v) is 4.34. The molecule has 2 rings (SSSR count). The Morgan fingerprint density at radius 2 is 2.16 bits per heavy atom. The fourth-order valence-corrected chi connectivity index (χ4v) is 3.27. The highest BCUT2D eigenvalue weighted by Crippen LogP contribution is 2.36. The van der Waals surface area contributed by atoms with E-state index >= 15 is 0 Å². The molecule has 100 valence electrons. The highest BCUT2D eigenvalue weighted by atomic mass is 32.1. The van der Waals surface area contributed by atoms with E-state index in [2.05, 4.69) is 6.58 Å². The molecule has 0 fully saturated rings. The van der Waals surface area contributed by atoms with Gasteiger partial charge in [-0.2, -0.15) is 0 Å². The van der Waals surface area contributed by atoms with Gasteiger partial charge in [0.05, 0.1) is 5.69 Å². The number of nitrogen functional groups attached to an aromatic ring is 1. The van der Waals surface area contributed by atoms with Crippen LogP contribution < -0.4 is 5.73 Å². The average molecular weight is 274 g/mol. The van der Waals surface area contributed by atoms with Gasteiger partial charge in [0.25, 0.3) is 5.91 Å². The highest BCUT2D eigenvalue weighted by molar-refractivity contribution is 7.21. The number of hydrogen-bond acceptors (Lipinski definition) is 3. The number of carbonyl (C=O) groups excluding carboxylic acids is 1. The van der Waals surface area contributed by atoms with Crippen LogP contribution in [0.1, 0.15) is 22.2 Å². The van der Waals surface area contributed by atoms with Gasteiger partial charge >= 0.3 is 0 Å². The summed E-state index contributed by atoms with van der Waals surface area (Å²) in [5.74, 6) is -0.0406. The lowest BCUT2D eigenvalue weighted by atomic mass is 10.1. The molecule has 0 bridgehead atoms. The quantitative estimate of drug-likeness (QED) is 0.871. The normalized spacial score (nSPS) is 10.7. The maximum atomic E-state index is 12.4. The van der Waals surface area contributed by atoms with Crippen LogP contribution in [0.2, 0.25) is 0 Å². The number of benzene rings is 1. The minimum absolute atomic E-state index is 0.0406. The number of fused-ring (bicyclic) bond motifs is 1. The average Bonchev–Trinajstić information content (AvgIpc) is 2.67. The Labute approximate surface area is 117 Å². The van der Waals surface area contributed by atoms with Crippen molar-refractivity contribution < 1.29 is 4.79 Å². The summed E-state index contributed by atoms with van der Waals surface area (Å²) in [6.45, 7) is 8.31. The third-order valence-electron chi connectivity index (χ3n) is 3.00. The van der Waals surface area contributed by atoms with E-state index in [9.17, 15) is 4.79 Å². The first-order chi connectivity index (χ1) is 8.91. The molecular formula is C15H18N2OS. The van der Waals surface area contributed by atoms with Crippen molar-refractivity contribution in [3.63, 3.8) is 0 Å². The van der Waals surface area contributed by atoms with Gasteiger partial charge in [-0.25, -0.2) is 0 Å². The van der Waals surface area contributed by atoms with Crippen molar-refractivity contribution in [1.82, 2.24) is 4.90 Å². The van der Waals surface area contributed by atoms with Crippen LogP contribution in [0, 0.1) is 6.92 Å². The molecule has 1 aromatic carbocycles. The number of nitrogens with zero attached hydrogens (tertiary/aromatic N) is 1. The molecule has 0 aliphatic carbocycles. The summed E-state index contributed by atoms with van der Waals surface area (Å²) in [6.07, 6.45) is 0. The van der Waals surface area contributed by atoms with Crippen LogP contribution in [-0.2, 0) is 0 Å². The molecule has 2 aromatic rings. The van der Waals surface area contributed by atoms with Crippen LogP contribution >= 0.6 is 11.3 Å². The lowest BCUT2D eigenvalue weighted by molar-refractivity contribution is 0.0812. The van der Waals surface area contributed by atoms with Gasteiger partial charge in [0.15, 0.2) is 0 Å². The standard InChI is InChI=1S/C15H18N2OS/c1-9(2)8-17(4)15(18)14-12(16)11-7-5-6-10(3)13(11)19-14/h5-7H,1,8,16H2,2-4H3. The lowest BCUT2D eigenvalue weighted by Crippen LogP contribution is -2.27. The molecule has 1 amide bonds. The smallest absolute Gasteiger partial charge is 0.266 e. The Balaban J connectivity index is 2.46. The van der Waals surface area contributed by atoms with E-state index in [4.69, 9.17) is 5.73 Å². The van der Waals surface area contributed by atoms with Crippen LogP contribution in [0.5, 0.6) is 0 Å². The Bertz CT molecular complexity index is 657. The summed E-state index contributed by atoms with van der Waals surface area (Å²) in [4.78, 5) is 14.7. The molecule has 0 aliphatic rings. The van der Waals surface area contributed by atoms with Gasteiger partial charge in [-0.3, -0.25) is 4.79 Å². The number of rotatable bonds is 3. The maximum absolute atomic E-state index is 12.4. The molecule has 0 saturated heterocycles. The number of nitrogens with two attached hydrogens (primary N) is 1. The van der Waals surface area contributed by atoms with E-state index < -0.39 is 0 Å². The number of amides is 1. The Morgan fingerprint density at radius 3 is 2.74 bits per heavy atom. The fraction of sp³-hybridized carbons (Fsp3) is 0.267. The molecule has 0 saturated carbocycles. The number of aryl methyl sites for hydroxylation is 1. The number of hydrogen-bond donors (Lipinski definition) is 1. The molecule has 1 heterocycles. The Hall–Kier alpha value is -1.81. The van der Waals surface area contributed by atoms with Crippen molar-refractivity contribution in [3.05, 3.63) is 40.8 Å². The van der Waals surface area contributed by atoms with E-state index in [-0.39, 0.29) is 5.91 Å². The van der Waals surface area contributed by atoms with Crippen LogP contribution in [0.15, 0.2) is 30.4 Å². The van der Waals surface area contributed by atoms with E-state index in [0.29, 0.717) is 17.1 Å². The van der Waals surface area contributed by atoms with E-state index in [0.717, 1.165) is 21.2 Å². The first-order valence-corrected chi connectivity index (χ1v) is 6.91. The van der Waals surface area contributed by atoms with Gasteiger partial charge in [0.1, 0.15) is 4.88 Å². The second-order valence-electron chi connectivity index (χ2n) is 4.91. The van der Waals surface area contributed by atoms with Gasteiger partial charge in [-0.05, 0) is 19.4 Å². The van der Waals surface area contributed by atoms with Gasteiger partial charge < -0.3 is 10.6 Å². The molecule has 0 unspecified atom stereocenters. The van der Waals surface area contributed by atoms with E-state index in [1.807, 2.05) is 32.0 Å². The first-order valence-electron chi connectivity index (χ1n) is 6.09. The zero-order valence-corrected chi connectivity index (χ0v) is 12.3. The fourth-order valence-electron chi connectivity index (χ4n) is 2.09. The van der Waals surface area contributed by atoms with Crippen molar-refractivity contribution in [3.8, 4) is 0 Å². The SMILES string of the molecule is C=C(C)CN(C)C(=O)c1sc2c(C)cccc2c1N. The van der Waals surface area contributed by atoms with Gasteiger partial charge in [-0.1, -0.05) is 30.4 Å². The molecule has 0 spiro atoms. The number of carbonyl (C=O) groups is 1. The Kier molecular flexibility index (Phi) is 3.62. The highest BCUT2D eigenvalue weighted by Gasteiger charge is 2.20.